The average molecular weight is 508 g/mol. The van der Waals surface area contributed by atoms with Crippen molar-refractivity contribution in [2.45, 2.75) is 92.0 Å². The summed E-state index contributed by atoms with van der Waals surface area (Å²) in [4.78, 5) is 46.4. The van der Waals surface area contributed by atoms with E-state index in [1.54, 1.807) is 0 Å². The molecule has 2 rings (SSSR count). The molecular formula is C27H40O8. The summed E-state index contributed by atoms with van der Waals surface area (Å²) in [6.45, 7) is 9.84. The van der Waals surface area contributed by atoms with E-state index in [0.717, 1.165) is 12.8 Å². The van der Waals surface area contributed by atoms with Crippen LogP contribution in [0.25, 0.3) is 0 Å². The molecule has 0 amide bonds. The largest absolute Gasteiger partial charge is 0.466 e. The molecule has 2 aliphatic rings. The van der Waals surface area contributed by atoms with Gasteiger partial charge in [-0.2, -0.15) is 0 Å². The lowest BCUT2D eigenvalue weighted by atomic mass is 10.1. The summed E-state index contributed by atoms with van der Waals surface area (Å²) in [5, 5.41) is 0. The van der Waals surface area contributed by atoms with Crippen molar-refractivity contribution in [2.75, 3.05) is 6.61 Å². The molecule has 7 atom stereocenters. The minimum Gasteiger partial charge on any atom is -0.466 e. The van der Waals surface area contributed by atoms with Gasteiger partial charge in [-0.15, -0.1) is 0 Å². The van der Waals surface area contributed by atoms with Crippen molar-refractivity contribution in [3.63, 3.8) is 0 Å². The number of fused-ring (bicyclic) bond motifs is 1. The van der Waals surface area contributed by atoms with Crippen LogP contribution in [0.2, 0.25) is 0 Å². The van der Waals surface area contributed by atoms with Gasteiger partial charge in [0.2, 0.25) is 0 Å². The molecule has 0 bridgehead atoms. The standard InChI is InChI=1S/C27H40O8/c1-16-13-22-8-7-17(2)25(27(22)26(14-16)35-21(6)31)10-9-23(33-19(4)29)15-24(34-20(5)30)11-12-32-18(3)28/h7-8,13,16-17,23-27H,9-12,14-15H2,1-6H3/t16-,17-,23+,24-,25-,26-,27-/m0/s1/i8+1,10+1,12+1,13+1,14+1,17+1,23+1,24+1,27+1,32+2,33+2,34+2. The maximum atomic E-state index is 11.8. The topological polar surface area (TPSA) is 105 Å². The molecule has 0 unspecified atom stereocenters. The molecule has 0 spiro atoms. The maximum Gasteiger partial charge on any atom is 0.302 e. The molecule has 0 saturated carbocycles. The number of esters is 4. The summed E-state index contributed by atoms with van der Waals surface area (Å²) in [6.07, 6.45) is 8.13. The Hall–Kier alpha value is -2.64. The van der Waals surface area contributed by atoms with Gasteiger partial charge < -0.3 is 18.9 Å². The van der Waals surface area contributed by atoms with Crippen LogP contribution in [-0.2, 0) is 38.1 Å². The second-order valence-electron chi connectivity index (χ2n) is 9.84. The van der Waals surface area contributed by atoms with Gasteiger partial charge in [-0.25, -0.2) is 0 Å². The van der Waals surface area contributed by atoms with Crippen LogP contribution in [0.4, 0.5) is 0 Å². The first-order valence-corrected chi connectivity index (χ1v) is 12.5. The average Bonchev–Trinajstić information content (AvgIpc) is 2.71. The number of rotatable bonds is 11. The Bertz CT molecular complexity index is 829. The summed E-state index contributed by atoms with van der Waals surface area (Å²) in [6, 6.07) is 0. The van der Waals surface area contributed by atoms with Gasteiger partial charge in [0.15, 0.2) is 0 Å². The normalized spacial score (nSPS) is 27.0. The first-order valence-electron chi connectivity index (χ1n) is 12.5. The van der Waals surface area contributed by atoms with E-state index in [1.807, 2.05) is 0 Å². The minimum atomic E-state index is -0.542. The number of ether oxygens (including phenoxy) is 4. The van der Waals surface area contributed by atoms with Crippen LogP contribution in [0.3, 0.4) is 0 Å². The van der Waals surface area contributed by atoms with Gasteiger partial charge in [0.25, 0.3) is 0 Å². The minimum absolute atomic E-state index is 0.0845. The first-order chi connectivity index (χ1) is 16.5. The zero-order valence-electron chi connectivity index (χ0n) is 21.8. The summed E-state index contributed by atoms with van der Waals surface area (Å²) in [5.41, 5.74) is 1.20. The first kappa shape index (κ1) is 28.6. The van der Waals surface area contributed by atoms with Gasteiger partial charge >= 0.3 is 23.9 Å². The highest BCUT2D eigenvalue weighted by molar-refractivity contribution is 5.67. The molecule has 0 saturated heterocycles. The molecule has 196 valence electrons. The molecule has 0 heterocycles. The van der Waals surface area contributed by atoms with Crippen LogP contribution in [0.15, 0.2) is 23.8 Å². The van der Waals surface area contributed by atoms with Crippen LogP contribution in [0.5, 0.6) is 0 Å². The molecule has 8 heteroatoms. The fourth-order valence-electron chi connectivity index (χ4n) is 5.36. The predicted molar refractivity (Wildman–Crippen MR) is 129 cm³/mol. The number of carbonyl (C=O) groups is 4. The number of allylic oxidation sites excluding steroid dienone is 3. The number of hydrogen-bond donors (Lipinski definition) is 0. The molecule has 0 aliphatic heterocycles. The van der Waals surface area contributed by atoms with E-state index in [9.17, 15) is 19.2 Å². The van der Waals surface area contributed by atoms with E-state index >= 15 is 0 Å². The lowest BCUT2D eigenvalue weighted by Crippen LogP contribution is -2.41. The second kappa shape index (κ2) is 13.4. The van der Waals surface area contributed by atoms with Crippen molar-refractivity contribution < 1.29 is 38.1 Å². The van der Waals surface area contributed by atoms with E-state index in [2.05, 4.69) is 32.1 Å². The Morgan fingerprint density at radius 2 is 1.60 bits per heavy atom. The number of hydrogen-bond acceptors (Lipinski definition) is 8. The number of carbonyl (C=O) groups excluding carboxylic acids is 4. The van der Waals surface area contributed by atoms with Crippen molar-refractivity contribution in [2.24, 2.45) is 23.7 Å². The zero-order valence-corrected chi connectivity index (χ0v) is 21.8. The van der Waals surface area contributed by atoms with Crippen LogP contribution in [-0.4, -0.2) is 48.8 Å². The lowest BCUT2D eigenvalue weighted by molar-refractivity contribution is -0.156. The van der Waals surface area contributed by atoms with E-state index in [4.69, 9.17) is 18.9 Å². The van der Waals surface area contributed by atoms with Gasteiger partial charge in [-0.05, 0) is 42.6 Å². The Morgan fingerprint density at radius 1 is 0.971 bits per heavy atom. The van der Waals surface area contributed by atoms with Crippen LogP contribution >= 0.6 is 0 Å². The molecule has 8 nitrogen and oxygen atoms in total. The highest BCUT2D eigenvalue weighted by Gasteiger charge is 2.41. The Morgan fingerprint density at radius 3 is 2.17 bits per heavy atom. The third-order valence-electron chi connectivity index (χ3n) is 6.67. The lowest BCUT2D eigenvalue weighted by Gasteiger charge is -2.43. The fourth-order valence-corrected chi connectivity index (χ4v) is 5.36. The Balaban J connectivity index is 2.15. The summed E-state index contributed by atoms with van der Waals surface area (Å²) < 4.78 is 21.8. The maximum absolute atomic E-state index is 11.8. The summed E-state index contributed by atoms with van der Waals surface area (Å²) in [7, 11) is 0. The molecule has 0 fully saturated rings. The van der Waals surface area contributed by atoms with Gasteiger partial charge in [-0.1, -0.05) is 32.1 Å². The molecular weight excluding hydrogens is 467 g/mol. The molecule has 0 radical (unpaired) electrons. The highest BCUT2D eigenvalue weighted by Crippen LogP contribution is 2.45. The van der Waals surface area contributed by atoms with Crippen LogP contribution < -0.4 is 0 Å². The van der Waals surface area contributed by atoms with Crippen molar-refractivity contribution in [3.8, 4) is 0 Å². The third-order valence-corrected chi connectivity index (χ3v) is 6.67. The van der Waals surface area contributed by atoms with E-state index in [0.29, 0.717) is 25.2 Å². The molecule has 0 aromatic rings. The van der Waals surface area contributed by atoms with Gasteiger partial charge in [-0.3, -0.25) is 19.2 Å². The second-order valence-corrected chi connectivity index (χ2v) is 9.84. The van der Waals surface area contributed by atoms with Crippen LogP contribution in [0, 0.1) is 23.7 Å². The van der Waals surface area contributed by atoms with E-state index < -0.39 is 30.1 Å². The van der Waals surface area contributed by atoms with E-state index in [1.165, 1.54) is 33.3 Å². The molecule has 2 aliphatic carbocycles. The van der Waals surface area contributed by atoms with Crippen LogP contribution in [0.1, 0.15) is 73.6 Å². The van der Waals surface area contributed by atoms with Crippen molar-refractivity contribution in [1.82, 2.24) is 0 Å². The Kier molecular flexibility index (Phi) is 11.0. The fraction of sp³-hybridized carbons (Fsp3) is 0.704. The zero-order chi connectivity index (χ0) is 26.1. The van der Waals surface area contributed by atoms with Gasteiger partial charge in [0.1, 0.15) is 18.3 Å². The van der Waals surface area contributed by atoms with Crippen molar-refractivity contribution >= 4 is 23.9 Å². The monoisotopic (exact) mass is 507 g/mol. The third kappa shape index (κ3) is 9.49. The quantitative estimate of drug-likeness (QED) is 0.176. The van der Waals surface area contributed by atoms with E-state index in [-0.39, 0.29) is 36.4 Å². The SMILES string of the molecule is CC(=O)O[C@H]1[13CH2][C@@H](C)[13CH]=C2[13CH]=C[13C@H](C)[C@H]([13CH2]C[13C@H](C[13C@H](C[13CH2][18O]C(C)=O)[18O]C(C)=O)[18O]C(C)=O)[13C@H]21. The highest BCUT2D eigenvalue weighted by atomic mass is 18.4. The summed E-state index contributed by atoms with van der Waals surface area (Å²) in [5.74, 6) is -0.668. The van der Waals surface area contributed by atoms with Gasteiger partial charge in [0, 0.05) is 46.5 Å². The molecule has 0 N–H and O–H groups in total. The van der Waals surface area contributed by atoms with Crippen molar-refractivity contribution in [3.05, 3.63) is 23.8 Å². The Labute approximate surface area is 208 Å². The molecule has 35 heavy (non-hydrogen) atoms. The molecule has 0 aromatic carbocycles. The predicted octanol–water partition coefficient (Wildman–Crippen LogP) is 4.31. The van der Waals surface area contributed by atoms with Gasteiger partial charge in [0.05, 0.1) is 6.61 Å². The molecule has 0 aromatic heterocycles. The smallest absolute Gasteiger partial charge is 0.302 e. The summed E-state index contributed by atoms with van der Waals surface area (Å²) >= 11 is 0. The van der Waals surface area contributed by atoms with Crippen molar-refractivity contribution in [1.29, 1.82) is 0 Å².